The largest absolute Gasteiger partial charge is 0.493 e. The minimum Gasteiger partial charge on any atom is -0.493 e. The van der Waals surface area contributed by atoms with Gasteiger partial charge in [0.2, 0.25) is 0 Å². The molecule has 0 unspecified atom stereocenters. The highest BCUT2D eigenvalue weighted by Gasteiger charge is 2.08. The third-order valence-corrected chi connectivity index (χ3v) is 2.86. The van der Waals surface area contributed by atoms with Crippen LogP contribution in [0.5, 0.6) is 11.5 Å². The number of ether oxygens (including phenoxy) is 2. The number of hydrogen-bond donors (Lipinski definition) is 2. The summed E-state index contributed by atoms with van der Waals surface area (Å²) in [5.41, 5.74) is 3.31. The minimum absolute atomic E-state index is 0.733. The number of aromatic nitrogens is 1. The fraction of sp³-hybridized carbons (Fsp3) is 0.286. The highest BCUT2D eigenvalue weighted by molar-refractivity contribution is 5.60. The summed E-state index contributed by atoms with van der Waals surface area (Å²) in [7, 11) is 3.28. The zero-order valence-corrected chi connectivity index (χ0v) is 10.9. The summed E-state index contributed by atoms with van der Waals surface area (Å²) in [5.74, 6) is 1.48. The number of rotatable bonds is 5. The molecule has 0 saturated carbocycles. The second-order valence-electron chi connectivity index (χ2n) is 4.07. The van der Waals surface area contributed by atoms with Gasteiger partial charge in [0.1, 0.15) is 0 Å². The Morgan fingerprint density at radius 1 is 1.17 bits per heavy atom. The van der Waals surface area contributed by atoms with Gasteiger partial charge in [0.15, 0.2) is 11.5 Å². The smallest absolute Gasteiger partial charge is 0.162 e. The van der Waals surface area contributed by atoms with E-state index in [4.69, 9.17) is 9.47 Å². The van der Waals surface area contributed by atoms with Gasteiger partial charge in [-0.05, 0) is 30.7 Å². The van der Waals surface area contributed by atoms with Crippen molar-refractivity contribution in [2.45, 2.75) is 13.5 Å². The Morgan fingerprint density at radius 3 is 2.50 bits per heavy atom. The maximum atomic E-state index is 5.30. The number of methoxy groups -OCH3 is 2. The molecule has 0 aliphatic heterocycles. The van der Waals surface area contributed by atoms with Crippen LogP contribution < -0.4 is 14.8 Å². The SMILES string of the molecule is COc1cc(C)c(NCc2ccc[nH]2)cc1OC. The molecule has 0 aliphatic carbocycles. The second kappa shape index (κ2) is 5.49. The molecule has 0 aliphatic rings. The normalized spacial score (nSPS) is 10.2. The van der Waals surface area contributed by atoms with Gasteiger partial charge in [-0.1, -0.05) is 0 Å². The summed E-state index contributed by atoms with van der Waals surface area (Å²) < 4.78 is 10.6. The molecule has 0 spiro atoms. The Kier molecular flexibility index (Phi) is 3.77. The molecule has 1 aromatic heterocycles. The first-order valence-corrected chi connectivity index (χ1v) is 5.83. The van der Waals surface area contributed by atoms with E-state index in [0.717, 1.165) is 35.0 Å². The van der Waals surface area contributed by atoms with E-state index in [1.54, 1.807) is 14.2 Å². The van der Waals surface area contributed by atoms with Crippen molar-refractivity contribution in [3.05, 3.63) is 41.7 Å². The highest BCUT2D eigenvalue weighted by atomic mass is 16.5. The number of aryl methyl sites for hydroxylation is 1. The maximum Gasteiger partial charge on any atom is 0.162 e. The molecule has 2 rings (SSSR count). The van der Waals surface area contributed by atoms with Crippen LogP contribution in [0.1, 0.15) is 11.3 Å². The summed E-state index contributed by atoms with van der Waals surface area (Å²) in [6.45, 7) is 2.79. The van der Waals surface area contributed by atoms with Crippen molar-refractivity contribution in [2.24, 2.45) is 0 Å². The number of nitrogens with one attached hydrogen (secondary N) is 2. The summed E-state index contributed by atoms with van der Waals surface area (Å²) in [5, 5.41) is 3.37. The van der Waals surface area contributed by atoms with Gasteiger partial charge in [-0.2, -0.15) is 0 Å². The molecular formula is C14H18N2O2. The standard InChI is InChI=1S/C14H18N2O2/c1-10-7-13(17-2)14(18-3)8-12(10)16-9-11-5-4-6-15-11/h4-8,15-16H,9H2,1-3H3. The summed E-state index contributed by atoms with van der Waals surface area (Å²) in [6.07, 6.45) is 1.92. The second-order valence-corrected chi connectivity index (χ2v) is 4.07. The molecule has 18 heavy (non-hydrogen) atoms. The van der Waals surface area contributed by atoms with Gasteiger partial charge in [0.05, 0.1) is 20.8 Å². The van der Waals surface area contributed by atoms with E-state index in [1.165, 1.54) is 0 Å². The van der Waals surface area contributed by atoms with Crippen molar-refractivity contribution in [3.8, 4) is 11.5 Å². The molecule has 0 amide bonds. The van der Waals surface area contributed by atoms with Crippen molar-refractivity contribution >= 4 is 5.69 Å². The predicted octanol–water partition coefficient (Wildman–Crippen LogP) is 2.95. The quantitative estimate of drug-likeness (QED) is 0.852. The zero-order chi connectivity index (χ0) is 13.0. The van der Waals surface area contributed by atoms with Gasteiger partial charge < -0.3 is 19.8 Å². The third-order valence-electron chi connectivity index (χ3n) is 2.86. The molecule has 4 nitrogen and oxygen atoms in total. The number of benzene rings is 1. The van der Waals surface area contributed by atoms with Crippen molar-refractivity contribution in [3.63, 3.8) is 0 Å². The average Bonchev–Trinajstić information content (AvgIpc) is 2.90. The Bertz CT molecular complexity index is 507. The molecule has 2 aromatic rings. The molecule has 4 heteroatoms. The van der Waals surface area contributed by atoms with Crippen LogP contribution in [0.4, 0.5) is 5.69 Å². The van der Waals surface area contributed by atoms with E-state index in [-0.39, 0.29) is 0 Å². The van der Waals surface area contributed by atoms with Crippen LogP contribution in [-0.2, 0) is 6.54 Å². The first-order valence-electron chi connectivity index (χ1n) is 5.83. The number of H-pyrrole nitrogens is 1. The lowest BCUT2D eigenvalue weighted by molar-refractivity contribution is 0.355. The topological polar surface area (TPSA) is 46.3 Å². The summed E-state index contributed by atoms with van der Waals surface area (Å²) in [6, 6.07) is 7.95. The lowest BCUT2D eigenvalue weighted by Crippen LogP contribution is -2.02. The Morgan fingerprint density at radius 2 is 1.89 bits per heavy atom. The molecule has 0 radical (unpaired) electrons. The van der Waals surface area contributed by atoms with Gasteiger partial charge in [-0.15, -0.1) is 0 Å². The van der Waals surface area contributed by atoms with Crippen LogP contribution in [0.3, 0.4) is 0 Å². The molecule has 0 bridgehead atoms. The van der Waals surface area contributed by atoms with Crippen LogP contribution in [-0.4, -0.2) is 19.2 Å². The summed E-state index contributed by atoms with van der Waals surface area (Å²) >= 11 is 0. The van der Waals surface area contributed by atoms with Crippen LogP contribution in [0, 0.1) is 6.92 Å². The highest BCUT2D eigenvalue weighted by Crippen LogP contribution is 2.32. The minimum atomic E-state index is 0.733. The van der Waals surface area contributed by atoms with Gasteiger partial charge >= 0.3 is 0 Å². The zero-order valence-electron chi connectivity index (χ0n) is 10.9. The van der Waals surface area contributed by atoms with Crippen LogP contribution >= 0.6 is 0 Å². The van der Waals surface area contributed by atoms with Crippen molar-refractivity contribution in [1.29, 1.82) is 0 Å². The molecular weight excluding hydrogens is 228 g/mol. The van der Waals surface area contributed by atoms with Crippen LogP contribution in [0.25, 0.3) is 0 Å². The monoisotopic (exact) mass is 246 g/mol. The van der Waals surface area contributed by atoms with Gasteiger partial charge in [-0.25, -0.2) is 0 Å². The van der Waals surface area contributed by atoms with E-state index in [0.29, 0.717) is 0 Å². The van der Waals surface area contributed by atoms with Crippen LogP contribution in [0.2, 0.25) is 0 Å². The molecule has 1 aromatic carbocycles. The predicted molar refractivity (Wildman–Crippen MR) is 72.4 cm³/mol. The van der Waals surface area contributed by atoms with E-state index in [1.807, 2.05) is 37.4 Å². The van der Waals surface area contributed by atoms with Crippen molar-refractivity contribution < 1.29 is 9.47 Å². The molecule has 96 valence electrons. The first kappa shape index (κ1) is 12.4. The van der Waals surface area contributed by atoms with Gasteiger partial charge in [0, 0.05) is 23.6 Å². The lowest BCUT2D eigenvalue weighted by Gasteiger charge is -2.14. The Balaban J connectivity index is 2.17. The molecule has 1 heterocycles. The molecule has 0 fully saturated rings. The fourth-order valence-electron chi connectivity index (χ4n) is 1.84. The van der Waals surface area contributed by atoms with Crippen LogP contribution in [0.15, 0.2) is 30.5 Å². The van der Waals surface area contributed by atoms with E-state index < -0.39 is 0 Å². The fourth-order valence-corrected chi connectivity index (χ4v) is 1.84. The third kappa shape index (κ3) is 2.59. The van der Waals surface area contributed by atoms with E-state index >= 15 is 0 Å². The number of aromatic amines is 1. The molecule has 0 saturated heterocycles. The number of anilines is 1. The van der Waals surface area contributed by atoms with E-state index in [9.17, 15) is 0 Å². The van der Waals surface area contributed by atoms with Gasteiger partial charge in [-0.3, -0.25) is 0 Å². The number of hydrogen-bond acceptors (Lipinski definition) is 3. The van der Waals surface area contributed by atoms with Gasteiger partial charge in [0.25, 0.3) is 0 Å². The summed E-state index contributed by atoms with van der Waals surface area (Å²) in [4.78, 5) is 3.16. The Labute approximate surface area is 107 Å². The average molecular weight is 246 g/mol. The van der Waals surface area contributed by atoms with Crippen molar-refractivity contribution in [1.82, 2.24) is 4.98 Å². The molecule has 0 atom stereocenters. The van der Waals surface area contributed by atoms with Crippen molar-refractivity contribution in [2.75, 3.05) is 19.5 Å². The first-order chi connectivity index (χ1) is 8.74. The molecule has 2 N–H and O–H groups in total. The lowest BCUT2D eigenvalue weighted by atomic mass is 10.1. The Hall–Kier alpha value is -2.10. The van der Waals surface area contributed by atoms with E-state index in [2.05, 4.69) is 10.3 Å². The maximum absolute atomic E-state index is 5.30.